The molecule has 2 N–H and O–H groups in total. The highest BCUT2D eigenvalue weighted by atomic mass is 79.9. The Kier molecular flexibility index (Phi) is 2.26. The number of hydrogen-bond acceptors (Lipinski definition) is 1. The largest absolute Gasteiger partial charge is 0.359 e. The highest BCUT2D eigenvalue weighted by Gasteiger charge is 2.10. The maximum absolute atomic E-state index is 6.20. The zero-order valence-electron chi connectivity index (χ0n) is 8.09. The first-order chi connectivity index (χ1) is 7.77. The van der Waals surface area contributed by atoms with Crippen LogP contribution in [0, 0.1) is 0 Å². The van der Waals surface area contributed by atoms with Crippen molar-refractivity contribution in [3.05, 3.63) is 40.2 Å². The Bertz CT molecular complexity index is 643. The van der Waals surface area contributed by atoms with Crippen LogP contribution < -0.4 is 0 Å². The number of hydrogen-bond donors (Lipinski definition) is 2. The summed E-state index contributed by atoms with van der Waals surface area (Å²) in [4.78, 5) is 3.18. The molecule has 1 aromatic carbocycles. The fourth-order valence-corrected chi connectivity index (χ4v) is 2.33. The fourth-order valence-electron chi connectivity index (χ4n) is 1.78. The molecule has 5 heteroatoms. The van der Waals surface area contributed by atoms with E-state index < -0.39 is 0 Å². The van der Waals surface area contributed by atoms with Gasteiger partial charge in [0.15, 0.2) is 0 Å². The number of nitrogens with one attached hydrogen (secondary N) is 2. The summed E-state index contributed by atoms with van der Waals surface area (Å²) in [5, 5.41) is 8.54. The van der Waals surface area contributed by atoms with Gasteiger partial charge in [0.05, 0.1) is 16.7 Å². The summed E-state index contributed by atoms with van der Waals surface area (Å²) in [5.74, 6) is 0. The van der Waals surface area contributed by atoms with Crippen LogP contribution >= 0.6 is 27.5 Å². The predicted molar refractivity (Wildman–Crippen MR) is 68.6 cm³/mol. The van der Waals surface area contributed by atoms with Crippen LogP contribution in [-0.4, -0.2) is 15.2 Å². The number of nitrogens with zero attached hydrogens (tertiary/aromatic N) is 1. The average molecular weight is 297 g/mol. The van der Waals surface area contributed by atoms with Gasteiger partial charge in [0.1, 0.15) is 0 Å². The Balaban J connectivity index is 2.34. The van der Waals surface area contributed by atoms with Crippen molar-refractivity contribution in [1.29, 1.82) is 0 Å². The molecule has 0 saturated heterocycles. The molecule has 3 nitrogen and oxygen atoms in total. The second-order valence-electron chi connectivity index (χ2n) is 3.47. The van der Waals surface area contributed by atoms with E-state index in [2.05, 4.69) is 31.1 Å². The molecule has 0 unspecified atom stereocenters. The van der Waals surface area contributed by atoms with Gasteiger partial charge in [-0.2, -0.15) is 5.10 Å². The van der Waals surface area contributed by atoms with Gasteiger partial charge in [-0.1, -0.05) is 17.7 Å². The van der Waals surface area contributed by atoms with Crippen molar-refractivity contribution >= 4 is 38.4 Å². The molecule has 0 radical (unpaired) electrons. The van der Waals surface area contributed by atoms with E-state index in [9.17, 15) is 0 Å². The third-order valence-corrected chi connectivity index (χ3v) is 3.84. The van der Waals surface area contributed by atoms with E-state index in [0.29, 0.717) is 5.02 Å². The van der Waals surface area contributed by atoms with Crippen LogP contribution in [0.2, 0.25) is 5.02 Å². The van der Waals surface area contributed by atoms with Crippen LogP contribution in [0.25, 0.3) is 22.0 Å². The summed E-state index contributed by atoms with van der Waals surface area (Å²) in [6.45, 7) is 0. The lowest BCUT2D eigenvalue weighted by Crippen LogP contribution is -1.74. The van der Waals surface area contributed by atoms with Crippen molar-refractivity contribution in [3.63, 3.8) is 0 Å². The summed E-state index contributed by atoms with van der Waals surface area (Å²) < 4.78 is 0.891. The van der Waals surface area contributed by atoms with Gasteiger partial charge in [-0.3, -0.25) is 5.10 Å². The second kappa shape index (κ2) is 3.64. The minimum absolute atomic E-state index is 0.701. The van der Waals surface area contributed by atoms with E-state index in [1.165, 1.54) is 0 Å². The molecule has 0 bridgehead atoms. The number of aromatic amines is 2. The smallest absolute Gasteiger partial charge is 0.0789 e. The molecule has 16 heavy (non-hydrogen) atoms. The third kappa shape index (κ3) is 1.37. The quantitative estimate of drug-likeness (QED) is 0.701. The zero-order chi connectivity index (χ0) is 11.1. The van der Waals surface area contributed by atoms with E-state index in [4.69, 9.17) is 11.6 Å². The molecule has 0 aliphatic rings. The summed E-state index contributed by atoms with van der Waals surface area (Å²) in [6.07, 6.45) is 5.59. The molecule has 0 saturated carbocycles. The third-order valence-electron chi connectivity index (χ3n) is 2.56. The lowest BCUT2D eigenvalue weighted by Gasteiger charge is -1.98. The molecule has 0 aliphatic carbocycles. The Hall–Kier alpha value is -1.26. The SMILES string of the molecule is Clc1c(Br)ccc2c(-c3cn[nH]c3)c[nH]c12. The first kappa shape index (κ1) is 9.93. The van der Waals surface area contributed by atoms with Crippen LogP contribution in [0.3, 0.4) is 0 Å². The number of aromatic nitrogens is 3. The van der Waals surface area contributed by atoms with Crippen LogP contribution in [0.4, 0.5) is 0 Å². The first-order valence-corrected chi connectivity index (χ1v) is 5.88. The Morgan fingerprint density at radius 3 is 2.88 bits per heavy atom. The Morgan fingerprint density at radius 1 is 1.25 bits per heavy atom. The monoisotopic (exact) mass is 295 g/mol. The van der Waals surface area contributed by atoms with Crippen molar-refractivity contribution in [2.45, 2.75) is 0 Å². The van der Waals surface area contributed by atoms with E-state index in [1.807, 2.05) is 24.5 Å². The van der Waals surface area contributed by atoms with Crippen LogP contribution in [0.5, 0.6) is 0 Å². The fraction of sp³-hybridized carbons (Fsp3) is 0. The standard InChI is InChI=1S/C11H7BrClN3/c12-9-2-1-7-8(6-3-15-16-4-6)5-14-11(7)10(9)13/h1-5,14H,(H,15,16). The highest BCUT2D eigenvalue weighted by Crippen LogP contribution is 2.35. The van der Waals surface area contributed by atoms with Gasteiger partial charge >= 0.3 is 0 Å². The van der Waals surface area contributed by atoms with Gasteiger partial charge in [0.2, 0.25) is 0 Å². The van der Waals surface area contributed by atoms with Crippen molar-refractivity contribution in [1.82, 2.24) is 15.2 Å². The molecule has 3 rings (SSSR count). The minimum Gasteiger partial charge on any atom is -0.359 e. The maximum atomic E-state index is 6.20. The predicted octanol–water partition coefficient (Wildman–Crippen LogP) is 3.97. The molecular formula is C11H7BrClN3. The van der Waals surface area contributed by atoms with E-state index in [-0.39, 0.29) is 0 Å². The van der Waals surface area contributed by atoms with Crippen molar-refractivity contribution < 1.29 is 0 Å². The van der Waals surface area contributed by atoms with Gasteiger partial charge in [0.25, 0.3) is 0 Å². The van der Waals surface area contributed by atoms with Gasteiger partial charge < -0.3 is 4.98 Å². The molecule has 2 aromatic heterocycles. The molecule has 0 spiro atoms. The Morgan fingerprint density at radius 2 is 2.12 bits per heavy atom. The normalized spacial score (nSPS) is 11.1. The van der Waals surface area contributed by atoms with Gasteiger partial charge in [-0.25, -0.2) is 0 Å². The lowest BCUT2D eigenvalue weighted by molar-refractivity contribution is 1.09. The van der Waals surface area contributed by atoms with Gasteiger partial charge in [0, 0.05) is 33.4 Å². The van der Waals surface area contributed by atoms with Crippen LogP contribution in [0.15, 0.2) is 35.2 Å². The van der Waals surface area contributed by atoms with E-state index >= 15 is 0 Å². The highest BCUT2D eigenvalue weighted by molar-refractivity contribution is 9.10. The van der Waals surface area contributed by atoms with Crippen LogP contribution in [-0.2, 0) is 0 Å². The van der Waals surface area contributed by atoms with Gasteiger partial charge in [-0.15, -0.1) is 0 Å². The average Bonchev–Trinajstić information content (AvgIpc) is 2.91. The molecule has 0 aliphatic heterocycles. The molecular weight excluding hydrogens is 289 g/mol. The van der Waals surface area contributed by atoms with Crippen LogP contribution in [0.1, 0.15) is 0 Å². The summed E-state index contributed by atoms with van der Waals surface area (Å²) >= 11 is 9.60. The maximum Gasteiger partial charge on any atom is 0.0789 e. The number of benzene rings is 1. The van der Waals surface area contributed by atoms with E-state index in [1.54, 1.807) is 6.20 Å². The molecule has 0 atom stereocenters. The molecule has 80 valence electrons. The van der Waals surface area contributed by atoms with Gasteiger partial charge in [-0.05, 0) is 22.0 Å². The topological polar surface area (TPSA) is 44.5 Å². The second-order valence-corrected chi connectivity index (χ2v) is 4.71. The summed E-state index contributed by atoms with van der Waals surface area (Å²) in [6, 6.07) is 3.98. The number of fused-ring (bicyclic) bond motifs is 1. The zero-order valence-corrected chi connectivity index (χ0v) is 10.4. The van der Waals surface area contributed by atoms with Crippen molar-refractivity contribution in [2.24, 2.45) is 0 Å². The number of rotatable bonds is 1. The minimum atomic E-state index is 0.701. The first-order valence-electron chi connectivity index (χ1n) is 4.71. The summed E-state index contributed by atoms with van der Waals surface area (Å²) in [7, 11) is 0. The molecule has 0 fully saturated rings. The van der Waals surface area contributed by atoms with E-state index in [0.717, 1.165) is 26.5 Å². The number of halogens is 2. The van der Waals surface area contributed by atoms with Crippen molar-refractivity contribution in [2.75, 3.05) is 0 Å². The summed E-state index contributed by atoms with van der Waals surface area (Å²) in [5.41, 5.74) is 3.08. The van der Waals surface area contributed by atoms with Crippen molar-refractivity contribution in [3.8, 4) is 11.1 Å². The lowest BCUT2D eigenvalue weighted by atomic mass is 10.1. The molecule has 2 heterocycles. The molecule has 0 amide bonds. The Labute approximate surface area is 105 Å². The number of H-pyrrole nitrogens is 2. The molecule has 3 aromatic rings.